The van der Waals surface area contributed by atoms with Gasteiger partial charge in [-0.25, -0.2) is 10.5 Å². The lowest BCUT2D eigenvalue weighted by molar-refractivity contribution is -0.141. The van der Waals surface area contributed by atoms with Crippen LogP contribution in [0.5, 0.6) is 5.75 Å². The molecule has 27 heavy (non-hydrogen) atoms. The Kier molecular flexibility index (Phi) is 7.87. The number of hydrogen-bond acceptors (Lipinski definition) is 8. The lowest BCUT2D eigenvalue weighted by atomic mass is 10.1. The van der Waals surface area contributed by atoms with Gasteiger partial charge in [0.1, 0.15) is 5.75 Å². The summed E-state index contributed by atoms with van der Waals surface area (Å²) >= 11 is 1.17. The maximum absolute atomic E-state index is 11.6. The van der Waals surface area contributed by atoms with Crippen LogP contribution in [-0.2, 0) is 16.0 Å². The highest BCUT2D eigenvalue weighted by Gasteiger charge is 2.09. The van der Waals surface area contributed by atoms with Crippen molar-refractivity contribution in [1.82, 2.24) is 15.2 Å². The van der Waals surface area contributed by atoms with E-state index < -0.39 is 0 Å². The molecular weight excluding hydrogens is 366 g/mol. The van der Waals surface area contributed by atoms with E-state index in [2.05, 4.69) is 32.3 Å². The van der Waals surface area contributed by atoms with Crippen molar-refractivity contribution in [3.05, 3.63) is 42.0 Å². The van der Waals surface area contributed by atoms with E-state index in [4.69, 9.17) is 4.74 Å². The van der Waals surface area contributed by atoms with Gasteiger partial charge in [-0.15, -0.1) is 11.7 Å². The number of esters is 1. The van der Waals surface area contributed by atoms with Crippen LogP contribution in [-0.4, -0.2) is 44.8 Å². The van der Waals surface area contributed by atoms with Gasteiger partial charge < -0.3 is 9.84 Å². The Morgan fingerprint density at radius 3 is 3.07 bits per heavy atom. The van der Waals surface area contributed by atoms with Crippen LogP contribution in [0.4, 0.5) is 5.95 Å². The molecule has 0 unspecified atom stereocenters. The summed E-state index contributed by atoms with van der Waals surface area (Å²) in [7, 11) is 0. The summed E-state index contributed by atoms with van der Waals surface area (Å²) in [6, 6.07) is 5.41. The van der Waals surface area contributed by atoms with Gasteiger partial charge in [0.25, 0.3) is 0 Å². The van der Waals surface area contributed by atoms with Crippen molar-refractivity contribution in [1.29, 1.82) is 0 Å². The quantitative estimate of drug-likeness (QED) is 0.188. The van der Waals surface area contributed by atoms with Gasteiger partial charge in [0.2, 0.25) is 11.1 Å². The number of nitrogens with zero attached hydrogens (tertiary/aromatic N) is 3. The van der Waals surface area contributed by atoms with E-state index in [0.717, 1.165) is 5.56 Å². The second kappa shape index (κ2) is 10.4. The van der Waals surface area contributed by atoms with Gasteiger partial charge in [0.05, 0.1) is 18.6 Å². The predicted octanol–water partition coefficient (Wildman–Crippen LogP) is 2.98. The molecule has 8 nitrogen and oxygen atoms in total. The van der Waals surface area contributed by atoms with Crippen LogP contribution >= 0.6 is 11.8 Å². The van der Waals surface area contributed by atoms with Gasteiger partial charge in [-0.05, 0) is 24.0 Å². The number of aromatic nitrogens is 3. The first-order chi connectivity index (χ1) is 13.0. The Bertz CT molecular complexity index is 804. The second-order valence-corrected chi connectivity index (χ2v) is 6.99. The third kappa shape index (κ3) is 6.78. The van der Waals surface area contributed by atoms with E-state index in [1.807, 2.05) is 26.0 Å². The molecule has 1 heterocycles. The SMILES string of the molecule is C=CCc1cccc(/C=N/Nc2nc(SCC(=O)OCC(C)C)n[nH]2)c1O. The fourth-order valence-corrected chi connectivity index (χ4v) is 2.58. The third-order valence-electron chi connectivity index (χ3n) is 3.25. The summed E-state index contributed by atoms with van der Waals surface area (Å²) in [4.78, 5) is 15.8. The molecule has 0 spiro atoms. The van der Waals surface area contributed by atoms with Gasteiger partial charge in [-0.3, -0.25) is 4.79 Å². The molecule has 2 rings (SSSR count). The van der Waals surface area contributed by atoms with E-state index in [-0.39, 0.29) is 17.5 Å². The van der Waals surface area contributed by atoms with E-state index in [9.17, 15) is 9.90 Å². The first-order valence-corrected chi connectivity index (χ1v) is 9.39. The van der Waals surface area contributed by atoms with Crippen LogP contribution in [0.3, 0.4) is 0 Å². The Morgan fingerprint density at radius 1 is 1.52 bits per heavy atom. The first kappa shape index (κ1) is 20.5. The Labute approximate surface area is 162 Å². The van der Waals surface area contributed by atoms with Crippen LogP contribution in [0.2, 0.25) is 0 Å². The molecule has 0 radical (unpaired) electrons. The maximum atomic E-state index is 11.6. The highest BCUT2D eigenvalue weighted by molar-refractivity contribution is 7.99. The van der Waals surface area contributed by atoms with Crippen LogP contribution < -0.4 is 5.43 Å². The van der Waals surface area contributed by atoms with Crippen molar-refractivity contribution in [2.24, 2.45) is 11.0 Å². The number of anilines is 1. The van der Waals surface area contributed by atoms with Gasteiger partial charge >= 0.3 is 5.97 Å². The normalized spacial score (nSPS) is 11.1. The van der Waals surface area contributed by atoms with Crippen molar-refractivity contribution in [2.75, 3.05) is 17.8 Å². The van der Waals surface area contributed by atoms with Crippen LogP contribution in [0, 0.1) is 5.92 Å². The maximum Gasteiger partial charge on any atom is 0.316 e. The number of carbonyl (C=O) groups is 1. The summed E-state index contributed by atoms with van der Waals surface area (Å²) in [6.07, 6.45) is 3.78. The van der Waals surface area contributed by atoms with E-state index in [1.165, 1.54) is 18.0 Å². The average molecular weight is 389 g/mol. The third-order valence-corrected chi connectivity index (χ3v) is 4.07. The first-order valence-electron chi connectivity index (χ1n) is 8.41. The summed E-state index contributed by atoms with van der Waals surface area (Å²) in [5, 5.41) is 21.3. The van der Waals surface area contributed by atoms with Gasteiger partial charge in [0, 0.05) is 5.56 Å². The van der Waals surface area contributed by atoms with Crippen molar-refractivity contribution in [3.63, 3.8) is 0 Å². The van der Waals surface area contributed by atoms with E-state index in [1.54, 1.807) is 12.1 Å². The van der Waals surface area contributed by atoms with Gasteiger partial charge in [0.15, 0.2) is 0 Å². The summed E-state index contributed by atoms with van der Waals surface area (Å²) in [5.74, 6) is 0.619. The average Bonchev–Trinajstić information content (AvgIpc) is 3.09. The molecule has 2 aromatic rings. The van der Waals surface area contributed by atoms with Gasteiger partial charge in [-0.2, -0.15) is 10.1 Å². The fraction of sp³-hybridized carbons (Fsp3) is 0.333. The van der Waals surface area contributed by atoms with Crippen LogP contribution in [0.25, 0.3) is 0 Å². The Hall–Kier alpha value is -2.81. The number of thioether (sulfide) groups is 1. The fourth-order valence-electron chi connectivity index (χ4n) is 1.98. The number of nitrogens with one attached hydrogen (secondary N) is 2. The van der Waals surface area contributed by atoms with Crippen LogP contribution in [0.15, 0.2) is 41.1 Å². The molecule has 1 aromatic carbocycles. The van der Waals surface area contributed by atoms with E-state index in [0.29, 0.717) is 35.6 Å². The number of aromatic hydroxyl groups is 1. The minimum Gasteiger partial charge on any atom is -0.507 e. The molecule has 3 N–H and O–H groups in total. The van der Waals surface area contributed by atoms with Crippen molar-refractivity contribution >= 4 is 29.9 Å². The molecule has 0 aliphatic heterocycles. The highest BCUT2D eigenvalue weighted by atomic mass is 32.2. The van der Waals surface area contributed by atoms with Crippen molar-refractivity contribution in [3.8, 4) is 5.75 Å². The number of aromatic amines is 1. The summed E-state index contributed by atoms with van der Waals surface area (Å²) in [5.41, 5.74) is 4.05. The topological polar surface area (TPSA) is 112 Å². The highest BCUT2D eigenvalue weighted by Crippen LogP contribution is 2.21. The zero-order chi connectivity index (χ0) is 19.6. The minimum absolute atomic E-state index is 0.136. The lowest BCUT2D eigenvalue weighted by Gasteiger charge is -2.05. The smallest absolute Gasteiger partial charge is 0.316 e. The Balaban J connectivity index is 1.85. The molecule has 0 bridgehead atoms. The largest absolute Gasteiger partial charge is 0.507 e. The summed E-state index contributed by atoms with van der Waals surface area (Å²) < 4.78 is 5.09. The molecular formula is C18H23N5O3S. The molecule has 144 valence electrons. The van der Waals surface area contributed by atoms with E-state index >= 15 is 0 Å². The number of phenolic OH excluding ortho intramolecular Hbond substituents is 1. The molecule has 9 heteroatoms. The number of H-pyrrole nitrogens is 1. The molecule has 0 saturated carbocycles. The number of allylic oxidation sites excluding steroid dienone is 1. The predicted molar refractivity (Wildman–Crippen MR) is 106 cm³/mol. The minimum atomic E-state index is -0.305. The van der Waals surface area contributed by atoms with Crippen molar-refractivity contribution in [2.45, 2.75) is 25.4 Å². The number of hydrazone groups is 1. The lowest BCUT2D eigenvalue weighted by Crippen LogP contribution is -2.11. The standard InChI is InChI=1S/C18H23N5O3S/c1-4-6-13-7-5-8-14(16(13)25)9-19-21-17-20-18(23-22-17)27-11-15(24)26-10-12(2)3/h4-5,7-9,12,25H,1,6,10-11H2,2-3H3,(H2,20,21,22,23)/b19-9+. The number of phenols is 1. The zero-order valence-corrected chi connectivity index (χ0v) is 16.1. The zero-order valence-electron chi connectivity index (χ0n) is 15.3. The molecule has 1 aromatic heterocycles. The van der Waals surface area contributed by atoms with Gasteiger partial charge in [-0.1, -0.05) is 43.8 Å². The molecule has 0 atom stereocenters. The van der Waals surface area contributed by atoms with Crippen LogP contribution in [0.1, 0.15) is 25.0 Å². The number of ether oxygens (including phenoxy) is 1. The van der Waals surface area contributed by atoms with Crippen molar-refractivity contribution < 1.29 is 14.6 Å². The number of benzene rings is 1. The number of hydrogen-bond donors (Lipinski definition) is 3. The molecule has 0 amide bonds. The second-order valence-electron chi connectivity index (χ2n) is 6.05. The Morgan fingerprint density at radius 2 is 2.33 bits per heavy atom. The molecule has 0 fully saturated rings. The summed E-state index contributed by atoms with van der Waals surface area (Å²) in [6.45, 7) is 8.02. The molecule has 0 saturated heterocycles. The molecule has 0 aliphatic rings. The number of carbonyl (C=O) groups excluding carboxylic acids is 1. The number of para-hydroxylation sites is 1. The monoisotopic (exact) mass is 389 g/mol. The molecule has 0 aliphatic carbocycles. The number of rotatable bonds is 10.